The van der Waals surface area contributed by atoms with Crippen molar-refractivity contribution in [1.82, 2.24) is 9.88 Å². The van der Waals surface area contributed by atoms with Gasteiger partial charge in [-0.1, -0.05) is 11.6 Å². The monoisotopic (exact) mass is 376 g/mol. The molecule has 1 heterocycles. The fourth-order valence-electron chi connectivity index (χ4n) is 1.73. The standard InChI is InChI=1S/C12H13ClN4O2.CH4O3S/c1-17(12(14)15)11(18)8-5-6-7(13)3-4-9(19-2)10(6)16-8;1-5(2,3)4/h3-5,16H,1-2H3,(H3,14,15);1H3,(H,2,3,4). The summed E-state index contributed by atoms with van der Waals surface area (Å²) >= 11 is 6.08. The van der Waals surface area contributed by atoms with Gasteiger partial charge in [0.2, 0.25) is 0 Å². The van der Waals surface area contributed by atoms with Crippen molar-refractivity contribution >= 4 is 44.5 Å². The first kappa shape index (κ1) is 19.7. The number of hydrogen-bond donors (Lipinski definition) is 4. The molecular weight excluding hydrogens is 360 g/mol. The number of fused-ring (bicyclic) bond motifs is 1. The van der Waals surface area contributed by atoms with Crippen LogP contribution in [0.2, 0.25) is 5.02 Å². The van der Waals surface area contributed by atoms with Gasteiger partial charge in [0.05, 0.1) is 23.9 Å². The van der Waals surface area contributed by atoms with Crippen LogP contribution in [0.1, 0.15) is 10.5 Å². The topological polar surface area (TPSA) is 150 Å². The maximum absolute atomic E-state index is 12.1. The Balaban J connectivity index is 0.000000505. The average molecular weight is 377 g/mol. The number of aromatic amines is 1. The molecule has 24 heavy (non-hydrogen) atoms. The Kier molecular flexibility index (Phi) is 6.18. The maximum Gasteiger partial charge on any atom is 0.276 e. The van der Waals surface area contributed by atoms with Crippen LogP contribution in [0.3, 0.4) is 0 Å². The Bertz CT molecular complexity index is 870. The molecule has 0 spiro atoms. The molecule has 1 aromatic carbocycles. The van der Waals surface area contributed by atoms with Crippen molar-refractivity contribution in [2.75, 3.05) is 20.4 Å². The van der Waals surface area contributed by atoms with E-state index in [1.807, 2.05) is 0 Å². The number of halogens is 1. The summed E-state index contributed by atoms with van der Waals surface area (Å²) in [6.07, 6.45) is 0.715. The first-order valence-electron chi connectivity index (χ1n) is 6.35. The van der Waals surface area contributed by atoms with Gasteiger partial charge in [0.25, 0.3) is 16.0 Å². The molecule has 0 saturated heterocycles. The van der Waals surface area contributed by atoms with E-state index < -0.39 is 16.0 Å². The number of benzene rings is 1. The van der Waals surface area contributed by atoms with E-state index in [0.29, 0.717) is 33.6 Å². The predicted molar refractivity (Wildman–Crippen MR) is 91.3 cm³/mol. The zero-order valence-electron chi connectivity index (χ0n) is 13.1. The van der Waals surface area contributed by atoms with Gasteiger partial charge in [0.15, 0.2) is 5.96 Å². The van der Waals surface area contributed by atoms with Gasteiger partial charge in [0, 0.05) is 12.4 Å². The molecule has 0 aliphatic carbocycles. The molecule has 132 valence electrons. The van der Waals surface area contributed by atoms with Gasteiger partial charge in [-0.15, -0.1) is 0 Å². The van der Waals surface area contributed by atoms with Gasteiger partial charge in [-0.05, 0) is 18.2 Å². The molecule has 5 N–H and O–H groups in total. The Hall–Kier alpha value is -2.30. The Morgan fingerprint density at radius 3 is 2.46 bits per heavy atom. The number of nitrogens with one attached hydrogen (secondary N) is 2. The third kappa shape index (κ3) is 5.11. The molecule has 0 unspecified atom stereocenters. The van der Waals surface area contributed by atoms with Crippen LogP contribution in [0.25, 0.3) is 10.9 Å². The minimum Gasteiger partial charge on any atom is -0.495 e. The lowest BCUT2D eigenvalue weighted by atomic mass is 10.2. The van der Waals surface area contributed by atoms with E-state index in [9.17, 15) is 13.2 Å². The fraction of sp³-hybridized carbons (Fsp3) is 0.231. The molecule has 0 radical (unpaired) electrons. The fourth-order valence-corrected chi connectivity index (χ4v) is 1.95. The van der Waals surface area contributed by atoms with Crippen molar-refractivity contribution in [1.29, 1.82) is 5.41 Å². The van der Waals surface area contributed by atoms with Crippen molar-refractivity contribution < 1.29 is 22.5 Å². The molecule has 0 aliphatic heterocycles. The highest BCUT2D eigenvalue weighted by atomic mass is 35.5. The van der Waals surface area contributed by atoms with Crippen molar-refractivity contribution in [3.05, 3.63) is 28.9 Å². The van der Waals surface area contributed by atoms with Crippen LogP contribution in [-0.4, -0.2) is 55.1 Å². The van der Waals surface area contributed by atoms with E-state index in [2.05, 4.69) is 4.98 Å². The quantitative estimate of drug-likeness (QED) is 0.352. The summed E-state index contributed by atoms with van der Waals surface area (Å²) in [5.74, 6) is -0.160. The number of nitrogens with zero attached hydrogens (tertiary/aromatic N) is 1. The smallest absolute Gasteiger partial charge is 0.276 e. The lowest BCUT2D eigenvalue weighted by Crippen LogP contribution is -2.38. The zero-order chi connectivity index (χ0) is 18.7. The third-order valence-corrected chi connectivity index (χ3v) is 3.15. The summed E-state index contributed by atoms with van der Waals surface area (Å²) < 4.78 is 31.1. The van der Waals surface area contributed by atoms with Crippen molar-refractivity contribution in [2.45, 2.75) is 0 Å². The summed E-state index contributed by atoms with van der Waals surface area (Å²) in [5, 5.41) is 8.45. The highest BCUT2D eigenvalue weighted by Crippen LogP contribution is 2.31. The summed E-state index contributed by atoms with van der Waals surface area (Å²) in [6, 6.07) is 5.02. The Labute approximate surface area is 143 Å². The summed E-state index contributed by atoms with van der Waals surface area (Å²) in [7, 11) is -0.707. The molecule has 2 aromatic rings. The van der Waals surface area contributed by atoms with E-state index in [1.165, 1.54) is 14.2 Å². The predicted octanol–water partition coefficient (Wildman–Crippen LogP) is 1.30. The van der Waals surface area contributed by atoms with Crippen molar-refractivity contribution in [2.24, 2.45) is 5.73 Å². The number of H-pyrrole nitrogens is 1. The highest BCUT2D eigenvalue weighted by molar-refractivity contribution is 7.85. The van der Waals surface area contributed by atoms with Crippen LogP contribution in [0, 0.1) is 5.41 Å². The molecule has 0 bridgehead atoms. The minimum absolute atomic E-state index is 0.291. The number of hydrogen-bond acceptors (Lipinski definition) is 5. The van der Waals surface area contributed by atoms with E-state index >= 15 is 0 Å². The number of amides is 1. The average Bonchev–Trinajstić information content (AvgIpc) is 2.90. The van der Waals surface area contributed by atoms with Crippen LogP contribution in [0.4, 0.5) is 0 Å². The number of aromatic nitrogens is 1. The lowest BCUT2D eigenvalue weighted by Gasteiger charge is -2.12. The van der Waals surface area contributed by atoms with Gasteiger partial charge in [-0.2, -0.15) is 8.42 Å². The Morgan fingerprint density at radius 2 is 2.00 bits per heavy atom. The van der Waals surface area contributed by atoms with Crippen LogP contribution in [-0.2, 0) is 10.1 Å². The lowest BCUT2D eigenvalue weighted by molar-refractivity contribution is 0.0864. The molecule has 0 aliphatic rings. The highest BCUT2D eigenvalue weighted by Gasteiger charge is 2.18. The number of carbonyl (C=O) groups excluding carboxylic acids is 1. The first-order chi connectivity index (χ1) is 11.0. The molecule has 11 heteroatoms. The molecule has 2 rings (SSSR count). The second-order valence-electron chi connectivity index (χ2n) is 4.70. The number of rotatable bonds is 2. The van der Waals surface area contributed by atoms with Crippen LogP contribution < -0.4 is 10.5 Å². The molecule has 1 aromatic heterocycles. The number of nitrogens with two attached hydrogens (primary N) is 1. The number of ether oxygens (including phenoxy) is 1. The van der Waals surface area contributed by atoms with E-state index in [0.717, 1.165) is 4.90 Å². The van der Waals surface area contributed by atoms with Crippen molar-refractivity contribution in [3.8, 4) is 5.75 Å². The number of guanidine groups is 1. The van der Waals surface area contributed by atoms with Crippen LogP contribution in [0.5, 0.6) is 5.75 Å². The second kappa shape index (κ2) is 7.51. The second-order valence-corrected chi connectivity index (χ2v) is 6.58. The van der Waals surface area contributed by atoms with Gasteiger partial charge < -0.3 is 15.5 Å². The van der Waals surface area contributed by atoms with Gasteiger partial charge in [-0.25, -0.2) is 0 Å². The summed E-state index contributed by atoms with van der Waals surface area (Å²) in [4.78, 5) is 16.0. The van der Waals surface area contributed by atoms with Gasteiger partial charge in [0.1, 0.15) is 11.4 Å². The normalized spacial score (nSPS) is 10.7. The van der Waals surface area contributed by atoms with Crippen LogP contribution >= 0.6 is 11.6 Å². The Morgan fingerprint density at radius 1 is 1.46 bits per heavy atom. The van der Waals surface area contributed by atoms with E-state index in [4.69, 9.17) is 32.0 Å². The maximum atomic E-state index is 12.1. The molecule has 9 nitrogen and oxygen atoms in total. The van der Waals surface area contributed by atoms with Gasteiger partial charge in [-0.3, -0.25) is 19.7 Å². The van der Waals surface area contributed by atoms with E-state index in [-0.39, 0.29) is 5.96 Å². The molecule has 0 fully saturated rings. The molecule has 1 amide bonds. The zero-order valence-corrected chi connectivity index (χ0v) is 14.7. The first-order valence-corrected chi connectivity index (χ1v) is 8.58. The largest absolute Gasteiger partial charge is 0.495 e. The number of methoxy groups -OCH3 is 1. The molecular formula is C13H17ClN4O5S. The molecule has 0 saturated carbocycles. The van der Waals surface area contributed by atoms with E-state index in [1.54, 1.807) is 18.2 Å². The van der Waals surface area contributed by atoms with Gasteiger partial charge >= 0.3 is 0 Å². The number of carbonyl (C=O) groups is 1. The van der Waals surface area contributed by atoms with Crippen LogP contribution in [0.15, 0.2) is 18.2 Å². The SMILES string of the molecule is COc1ccc(Cl)c2cc(C(=O)N(C)C(=N)N)[nH]c12.CS(=O)(=O)O. The van der Waals surface area contributed by atoms with Crippen molar-refractivity contribution in [3.63, 3.8) is 0 Å². The minimum atomic E-state index is -3.67. The summed E-state index contributed by atoms with van der Waals surface area (Å²) in [5.41, 5.74) is 6.20. The third-order valence-electron chi connectivity index (χ3n) is 2.82. The molecule has 0 atom stereocenters. The summed E-state index contributed by atoms with van der Waals surface area (Å²) in [6.45, 7) is 0.